The predicted molar refractivity (Wildman–Crippen MR) is 55.5 cm³/mol. The van der Waals surface area contributed by atoms with Crippen molar-refractivity contribution in [1.29, 1.82) is 0 Å². The van der Waals surface area contributed by atoms with E-state index in [-0.39, 0.29) is 18.1 Å². The Morgan fingerprint density at radius 2 is 2.38 bits per heavy atom. The van der Waals surface area contributed by atoms with E-state index in [1.165, 1.54) is 12.3 Å². The second-order valence-electron chi connectivity index (χ2n) is 3.87. The van der Waals surface area contributed by atoms with Gasteiger partial charge in [0.15, 0.2) is 0 Å². The molecule has 0 unspecified atom stereocenters. The summed E-state index contributed by atoms with van der Waals surface area (Å²) in [4.78, 5) is 15.0. The number of carbonyl (C=O) groups excluding carboxylic acids is 1. The van der Waals surface area contributed by atoms with Crippen LogP contribution in [0.4, 0.5) is 4.39 Å². The lowest BCUT2D eigenvalue weighted by Gasteiger charge is -2.34. The summed E-state index contributed by atoms with van der Waals surface area (Å²) < 4.78 is 17.9. The normalized spacial score (nSPS) is 23.6. The van der Waals surface area contributed by atoms with Crippen molar-refractivity contribution >= 4 is 5.91 Å². The van der Waals surface area contributed by atoms with Gasteiger partial charge >= 0.3 is 0 Å². The fraction of sp³-hybridized carbons (Fsp3) is 0.455. The molecule has 0 aliphatic heterocycles. The van der Waals surface area contributed by atoms with Gasteiger partial charge in [-0.25, -0.2) is 4.98 Å². The van der Waals surface area contributed by atoms with Crippen LogP contribution in [0.2, 0.25) is 0 Å². The van der Waals surface area contributed by atoms with Crippen LogP contribution < -0.4 is 5.32 Å². The third-order valence-electron chi connectivity index (χ3n) is 2.75. The summed E-state index contributed by atoms with van der Waals surface area (Å²) in [5.41, 5.74) is 0.299. The minimum absolute atomic E-state index is 0.133. The number of nitrogens with one attached hydrogen (secondary N) is 1. The molecule has 1 saturated carbocycles. The maximum Gasteiger partial charge on any atom is 0.251 e. The Morgan fingerprint density at radius 3 is 3.00 bits per heavy atom. The molecular formula is C11H13FN2O2. The minimum Gasteiger partial charge on any atom is -0.381 e. The van der Waals surface area contributed by atoms with Crippen molar-refractivity contribution in [3.05, 3.63) is 29.8 Å². The van der Waals surface area contributed by atoms with E-state index >= 15 is 0 Å². The fourth-order valence-corrected chi connectivity index (χ4v) is 1.69. The van der Waals surface area contributed by atoms with Crippen LogP contribution in [0, 0.1) is 5.95 Å². The number of carbonyl (C=O) groups is 1. The molecule has 0 bridgehead atoms. The van der Waals surface area contributed by atoms with Gasteiger partial charge in [-0.2, -0.15) is 4.39 Å². The molecule has 1 fully saturated rings. The number of ether oxygens (including phenoxy) is 1. The molecule has 0 aromatic carbocycles. The first kappa shape index (κ1) is 11.0. The lowest BCUT2D eigenvalue weighted by molar-refractivity contribution is 0.0176. The van der Waals surface area contributed by atoms with E-state index < -0.39 is 5.95 Å². The maximum absolute atomic E-state index is 12.8. The fourth-order valence-electron chi connectivity index (χ4n) is 1.69. The molecule has 0 radical (unpaired) electrons. The van der Waals surface area contributed by atoms with E-state index in [1.54, 1.807) is 7.11 Å². The largest absolute Gasteiger partial charge is 0.381 e. The van der Waals surface area contributed by atoms with Crippen LogP contribution in [0.15, 0.2) is 18.3 Å². The Bertz CT molecular complexity index is 391. The number of halogens is 1. The third-order valence-corrected chi connectivity index (χ3v) is 2.75. The van der Waals surface area contributed by atoms with Crippen molar-refractivity contribution < 1.29 is 13.9 Å². The summed E-state index contributed by atoms with van der Waals surface area (Å²) in [5.74, 6) is -0.906. The van der Waals surface area contributed by atoms with Crippen molar-refractivity contribution in [3.63, 3.8) is 0 Å². The maximum atomic E-state index is 12.8. The standard InChI is InChI=1S/C11H13FN2O2/c1-16-9-5-8(6-9)14-11(15)7-2-3-13-10(12)4-7/h2-4,8-9H,5-6H2,1H3,(H,14,15). The Labute approximate surface area is 92.8 Å². The number of hydrogen-bond donors (Lipinski definition) is 1. The second-order valence-corrected chi connectivity index (χ2v) is 3.87. The summed E-state index contributed by atoms with van der Waals surface area (Å²) in [5, 5.41) is 2.81. The van der Waals surface area contributed by atoms with Crippen LogP contribution >= 0.6 is 0 Å². The molecule has 1 amide bonds. The summed E-state index contributed by atoms with van der Waals surface area (Å²) in [7, 11) is 1.65. The van der Waals surface area contributed by atoms with Crippen LogP contribution in [-0.2, 0) is 4.74 Å². The first-order valence-corrected chi connectivity index (χ1v) is 5.14. The third kappa shape index (κ3) is 2.36. The second kappa shape index (κ2) is 4.57. The summed E-state index contributed by atoms with van der Waals surface area (Å²) in [6, 6.07) is 2.75. The van der Waals surface area contributed by atoms with E-state index in [0.717, 1.165) is 18.9 Å². The molecule has 1 aromatic heterocycles. The molecule has 5 heteroatoms. The van der Waals surface area contributed by atoms with Crippen LogP contribution in [-0.4, -0.2) is 30.1 Å². The van der Waals surface area contributed by atoms with E-state index in [9.17, 15) is 9.18 Å². The average molecular weight is 224 g/mol. The SMILES string of the molecule is COC1CC(NC(=O)c2ccnc(F)c2)C1. The van der Waals surface area contributed by atoms with Crippen LogP contribution in [0.3, 0.4) is 0 Å². The molecule has 4 nitrogen and oxygen atoms in total. The van der Waals surface area contributed by atoms with Gasteiger partial charge in [-0.1, -0.05) is 0 Å². The molecule has 1 N–H and O–H groups in total. The molecule has 86 valence electrons. The van der Waals surface area contributed by atoms with Gasteiger partial charge in [0, 0.05) is 31.0 Å². The van der Waals surface area contributed by atoms with Crippen LogP contribution in [0.25, 0.3) is 0 Å². The Kier molecular flexibility index (Phi) is 3.14. The lowest BCUT2D eigenvalue weighted by atomic mass is 9.89. The molecule has 1 aliphatic carbocycles. The monoisotopic (exact) mass is 224 g/mol. The van der Waals surface area contributed by atoms with Crippen molar-refractivity contribution in [2.45, 2.75) is 25.0 Å². The number of nitrogens with zero attached hydrogens (tertiary/aromatic N) is 1. The van der Waals surface area contributed by atoms with Gasteiger partial charge in [-0.05, 0) is 18.9 Å². The summed E-state index contributed by atoms with van der Waals surface area (Å²) >= 11 is 0. The van der Waals surface area contributed by atoms with E-state index in [4.69, 9.17) is 4.74 Å². The number of rotatable bonds is 3. The molecule has 1 aliphatic rings. The highest BCUT2D eigenvalue weighted by Gasteiger charge is 2.30. The highest BCUT2D eigenvalue weighted by atomic mass is 19.1. The summed E-state index contributed by atoms with van der Waals surface area (Å²) in [6.07, 6.45) is 3.15. The van der Waals surface area contributed by atoms with Gasteiger partial charge in [0.05, 0.1) is 6.10 Å². The van der Waals surface area contributed by atoms with Gasteiger partial charge in [0.1, 0.15) is 0 Å². The Balaban J connectivity index is 1.89. The van der Waals surface area contributed by atoms with Crippen LogP contribution in [0.1, 0.15) is 23.2 Å². The Morgan fingerprint density at radius 1 is 1.62 bits per heavy atom. The van der Waals surface area contributed by atoms with E-state index in [1.807, 2.05) is 0 Å². The zero-order chi connectivity index (χ0) is 11.5. The van der Waals surface area contributed by atoms with Crippen molar-refractivity contribution in [2.75, 3.05) is 7.11 Å². The highest BCUT2D eigenvalue weighted by molar-refractivity contribution is 5.94. The zero-order valence-electron chi connectivity index (χ0n) is 8.94. The number of methoxy groups -OCH3 is 1. The highest BCUT2D eigenvalue weighted by Crippen LogP contribution is 2.22. The van der Waals surface area contributed by atoms with Crippen LogP contribution in [0.5, 0.6) is 0 Å². The molecule has 2 rings (SSSR count). The van der Waals surface area contributed by atoms with Crippen molar-refractivity contribution in [2.24, 2.45) is 0 Å². The molecule has 1 heterocycles. The number of amides is 1. The summed E-state index contributed by atoms with van der Waals surface area (Å²) in [6.45, 7) is 0. The average Bonchev–Trinajstić information content (AvgIpc) is 2.22. The molecule has 0 spiro atoms. The molecule has 16 heavy (non-hydrogen) atoms. The number of pyridine rings is 1. The molecule has 0 atom stereocenters. The van der Waals surface area contributed by atoms with Crippen molar-refractivity contribution in [1.82, 2.24) is 10.3 Å². The Hall–Kier alpha value is -1.49. The van der Waals surface area contributed by atoms with Crippen molar-refractivity contribution in [3.8, 4) is 0 Å². The molecular weight excluding hydrogens is 211 g/mol. The zero-order valence-corrected chi connectivity index (χ0v) is 8.94. The molecule has 0 saturated heterocycles. The van der Waals surface area contributed by atoms with Gasteiger partial charge < -0.3 is 10.1 Å². The predicted octanol–water partition coefficient (Wildman–Crippen LogP) is 1.13. The van der Waals surface area contributed by atoms with E-state index in [0.29, 0.717) is 5.56 Å². The van der Waals surface area contributed by atoms with Gasteiger partial charge in [-0.15, -0.1) is 0 Å². The number of hydrogen-bond acceptors (Lipinski definition) is 3. The molecule has 1 aromatic rings. The van der Waals surface area contributed by atoms with Gasteiger partial charge in [0.2, 0.25) is 5.95 Å². The van der Waals surface area contributed by atoms with E-state index in [2.05, 4.69) is 10.3 Å². The number of aromatic nitrogens is 1. The first-order valence-electron chi connectivity index (χ1n) is 5.14. The van der Waals surface area contributed by atoms with Gasteiger partial charge in [-0.3, -0.25) is 4.79 Å². The lowest BCUT2D eigenvalue weighted by Crippen LogP contribution is -2.47. The minimum atomic E-state index is -0.643. The van der Waals surface area contributed by atoms with Gasteiger partial charge in [0.25, 0.3) is 5.91 Å². The first-order chi connectivity index (χ1) is 7.69. The quantitative estimate of drug-likeness (QED) is 0.783. The topological polar surface area (TPSA) is 51.2 Å². The smallest absolute Gasteiger partial charge is 0.251 e.